The summed E-state index contributed by atoms with van der Waals surface area (Å²) in [5.74, 6) is -0.600. The van der Waals surface area contributed by atoms with Gasteiger partial charge in [0.15, 0.2) is 5.82 Å². The third-order valence-electron chi connectivity index (χ3n) is 7.23. The van der Waals surface area contributed by atoms with Crippen LogP contribution in [0.3, 0.4) is 0 Å². The number of hydrogen-bond donors (Lipinski definition) is 2. The average molecular weight is 641 g/mol. The van der Waals surface area contributed by atoms with E-state index in [2.05, 4.69) is 27.3 Å². The maximum atomic E-state index is 14.1. The van der Waals surface area contributed by atoms with E-state index in [9.17, 15) is 27.6 Å². The number of rotatable bonds is 9. The van der Waals surface area contributed by atoms with Gasteiger partial charge in [-0.2, -0.15) is 22.7 Å². The van der Waals surface area contributed by atoms with Crippen LogP contribution in [-0.4, -0.2) is 44.2 Å². The zero-order valence-corrected chi connectivity index (χ0v) is 24.8. The predicted octanol–water partition coefficient (Wildman–Crippen LogP) is 5.04. The number of carbonyl (C=O) groups excluding carboxylic acids is 2. The highest BCUT2D eigenvalue weighted by Crippen LogP contribution is 2.34. The summed E-state index contributed by atoms with van der Waals surface area (Å²) in [6.07, 6.45) is -0.816. The Hall–Kier alpha value is -4.75. The normalized spacial score (nSPS) is 13.4. The predicted molar refractivity (Wildman–Crippen MR) is 163 cm³/mol. The van der Waals surface area contributed by atoms with Gasteiger partial charge in [-0.25, -0.2) is 0 Å². The number of nitrogens with zero attached hydrogens (tertiary/aromatic N) is 4. The number of anilines is 1. The van der Waals surface area contributed by atoms with Gasteiger partial charge in [-0.15, -0.1) is 5.10 Å². The van der Waals surface area contributed by atoms with Crippen LogP contribution in [0.15, 0.2) is 66.0 Å². The average Bonchev–Trinajstić information content (AvgIpc) is 3.48. The topological polar surface area (TPSA) is 120 Å². The number of carbonyl (C=O) groups is 2. The van der Waals surface area contributed by atoms with Crippen molar-refractivity contribution < 1.29 is 27.5 Å². The number of alkyl halides is 3. The monoisotopic (exact) mass is 640 g/mol. The molecule has 4 aromatic rings. The summed E-state index contributed by atoms with van der Waals surface area (Å²) in [5.41, 5.74) is 1.22. The van der Waals surface area contributed by atoms with Crippen LogP contribution < -0.4 is 16.2 Å². The first-order valence-electron chi connectivity index (χ1n) is 14.0. The summed E-state index contributed by atoms with van der Waals surface area (Å²) in [6.45, 7) is 5.83. The van der Waals surface area contributed by atoms with Crippen molar-refractivity contribution >= 4 is 40.5 Å². The Balaban J connectivity index is 1.64. The van der Waals surface area contributed by atoms with E-state index in [-0.39, 0.29) is 35.1 Å². The van der Waals surface area contributed by atoms with Gasteiger partial charge in [-0.3, -0.25) is 14.4 Å². The molecule has 0 aliphatic carbocycles. The number of hydrogen-bond acceptors (Lipinski definition) is 6. The Morgan fingerprint density at radius 2 is 1.98 bits per heavy atom. The largest absolute Gasteiger partial charge is 0.416 e. The lowest BCUT2D eigenvalue weighted by Crippen LogP contribution is -2.29. The first-order valence-corrected chi connectivity index (χ1v) is 14.3. The Kier molecular flexibility index (Phi) is 9.21. The first kappa shape index (κ1) is 31.7. The number of ether oxygens (including phenoxy) is 1. The molecule has 234 valence electrons. The minimum absolute atomic E-state index is 0.0113. The molecule has 0 unspecified atom stereocenters. The fourth-order valence-corrected chi connectivity index (χ4v) is 5.30. The molecule has 14 heteroatoms. The van der Waals surface area contributed by atoms with E-state index >= 15 is 0 Å². The SMILES string of the molecule is C=CC(=O)NCc1ccccc1-c1c(CC)n(CC(=O)Nc2ccc(C(F)(F)F)cc2Cl)c2nc(C3=CCOCC3)nn2c1=O. The lowest BCUT2D eigenvalue weighted by molar-refractivity contribution is -0.137. The van der Waals surface area contributed by atoms with Crippen molar-refractivity contribution in [2.24, 2.45) is 0 Å². The minimum Gasteiger partial charge on any atom is -0.377 e. The van der Waals surface area contributed by atoms with Crippen LogP contribution in [0.5, 0.6) is 0 Å². The van der Waals surface area contributed by atoms with Crippen LogP contribution in [0.25, 0.3) is 22.5 Å². The molecule has 2 aromatic heterocycles. The van der Waals surface area contributed by atoms with Gasteiger partial charge < -0.3 is 19.9 Å². The standard InChI is InChI=1S/C31H28ClF3N6O4/c1-3-24-27(21-8-6-5-7-19(21)16-36-25(42)4-2)29(44)41-30(38-28(39-41)18-11-13-45-14-12-18)40(24)17-26(43)37-23-10-9-20(15-22(23)32)31(33,34)35/h4-11,15H,2-3,12-14,16-17H2,1H3,(H,36,42)(H,37,43). The molecule has 0 radical (unpaired) electrons. The second kappa shape index (κ2) is 13.1. The summed E-state index contributed by atoms with van der Waals surface area (Å²) in [5, 5.41) is 9.53. The molecular formula is C31H28ClF3N6O4. The summed E-state index contributed by atoms with van der Waals surface area (Å²) in [4.78, 5) is 44.1. The highest BCUT2D eigenvalue weighted by Gasteiger charge is 2.31. The second-order valence-electron chi connectivity index (χ2n) is 10.1. The zero-order chi connectivity index (χ0) is 32.3. The fourth-order valence-electron chi connectivity index (χ4n) is 5.07. The number of benzene rings is 2. The molecule has 0 spiro atoms. The number of fused-ring (bicyclic) bond motifs is 1. The molecule has 45 heavy (non-hydrogen) atoms. The quantitative estimate of drug-likeness (QED) is 0.248. The van der Waals surface area contributed by atoms with E-state index in [1.54, 1.807) is 28.8 Å². The minimum atomic E-state index is -4.60. The molecule has 2 aromatic carbocycles. The molecule has 1 aliphatic rings. The summed E-state index contributed by atoms with van der Waals surface area (Å²) in [7, 11) is 0. The van der Waals surface area contributed by atoms with Gasteiger partial charge in [0.25, 0.3) is 5.56 Å². The molecule has 0 atom stereocenters. The third-order valence-corrected chi connectivity index (χ3v) is 7.55. The van der Waals surface area contributed by atoms with E-state index < -0.39 is 29.1 Å². The van der Waals surface area contributed by atoms with Crippen molar-refractivity contribution in [2.45, 2.75) is 39.0 Å². The van der Waals surface area contributed by atoms with Gasteiger partial charge in [0.2, 0.25) is 17.6 Å². The van der Waals surface area contributed by atoms with Crippen molar-refractivity contribution in [1.82, 2.24) is 24.5 Å². The lowest BCUT2D eigenvalue weighted by Gasteiger charge is -2.19. The highest BCUT2D eigenvalue weighted by atomic mass is 35.5. The van der Waals surface area contributed by atoms with Gasteiger partial charge in [0, 0.05) is 12.2 Å². The van der Waals surface area contributed by atoms with Crippen LogP contribution >= 0.6 is 11.6 Å². The molecule has 5 rings (SSSR count). The van der Waals surface area contributed by atoms with Crippen molar-refractivity contribution in [3.63, 3.8) is 0 Å². The highest BCUT2D eigenvalue weighted by molar-refractivity contribution is 6.33. The lowest BCUT2D eigenvalue weighted by atomic mass is 9.98. The van der Waals surface area contributed by atoms with Crippen LogP contribution in [0.1, 0.15) is 36.0 Å². The number of nitrogens with one attached hydrogen (secondary N) is 2. The number of aromatic nitrogens is 4. The molecule has 0 bridgehead atoms. The summed E-state index contributed by atoms with van der Waals surface area (Å²) in [6, 6.07) is 9.67. The Morgan fingerprint density at radius 1 is 1.20 bits per heavy atom. The van der Waals surface area contributed by atoms with E-state index in [0.717, 1.165) is 34.4 Å². The second-order valence-corrected chi connectivity index (χ2v) is 10.5. The third kappa shape index (κ3) is 6.69. The van der Waals surface area contributed by atoms with Crippen molar-refractivity contribution in [3.05, 3.63) is 99.2 Å². The molecule has 1 aliphatic heterocycles. The molecule has 0 saturated carbocycles. The van der Waals surface area contributed by atoms with Crippen LogP contribution in [0.4, 0.5) is 18.9 Å². The summed E-state index contributed by atoms with van der Waals surface area (Å²) >= 11 is 6.09. The van der Waals surface area contributed by atoms with E-state index in [1.807, 2.05) is 13.0 Å². The molecule has 0 saturated heterocycles. The van der Waals surface area contributed by atoms with E-state index in [1.165, 1.54) is 0 Å². The van der Waals surface area contributed by atoms with Crippen molar-refractivity contribution in [2.75, 3.05) is 18.5 Å². The smallest absolute Gasteiger partial charge is 0.377 e. The molecule has 3 heterocycles. The fraction of sp³-hybridized carbons (Fsp3) is 0.258. The Bertz CT molecular complexity index is 1900. The van der Waals surface area contributed by atoms with E-state index in [0.29, 0.717) is 48.7 Å². The first-order chi connectivity index (χ1) is 21.5. The molecular weight excluding hydrogens is 613 g/mol. The molecule has 2 amide bonds. The van der Waals surface area contributed by atoms with Crippen molar-refractivity contribution in [1.29, 1.82) is 0 Å². The summed E-state index contributed by atoms with van der Waals surface area (Å²) < 4.78 is 47.5. The van der Waals surface area contributed by atoms with Crippen LogP contribution in [0, 0.1) is 0 Å². The van der Waals surface area contributed by atoms with Crippen molar-refractivity contribution in [3.8, 4) is 11.1 Å². The number of halogens is 4. The van der Waals surface area contributed by atoms with Gasteiger partial charge in [0.05, 0.1) is 35.1 Å². The Morgan fingerprint density at radius 3 is 2.64 bits per heavy atom. The van der Waals surface area contributed by atoms with Gasteiger partial charge >= 0.3 is 6.18 Å². The molecule has 10 nitrogen and oxygen atoms in total. The molecule has 0 fully saturated rings. The number of amides is 2. The maximum absolute atomic E-state index is 14.1. The Labute approximate surface area is 260 Å². The van der Waals surface area contributed by atoms with Crippen LogP contribution in [0.2, 0.25) is 5.02 Å². The van der Waals surface area contributed by atoms with Gasteiger partial charge in [-0.1, -0.05) is 55.4 Å². The van der Waals surface area contributed by atoms with Gasteiger partial charge in [-0.05, 0) is 53.8 Å². The maximum Gasteiger partial charge on any atom is 0.416 e. The zero-order valence-electron chi connectivity index (χ0n) is 24.1. The van der Waals surface area contributed by atoms with Crippen LogP contribution in [-0.2, 0) is 40.0 Å². The van der Waals surface area contributed by atoms with E-state index in [4.69, 9.17) is 16.3 Å². The molecule has 2 N–H and O–H groups in total. The van der Waals surface area contributed by atoms with Gasteiger partial charge in [0.1, 0.15) is 6.54 Å².